The van der Waals surface area contributed by atoms with Crippen LogP contribution in [-0.2, 0) is 16.1 Å². The molecule has 1 saturated heterocycles. The Labute approximate surface area is 150 Å². The molecule has 0 aromatic heterocycles. The van der Waals surface area contributed by atoms with Gasteiger partial charge < -0.3 is 14.5 Å². The summed E-state index contributed by atoms with van der Waals surface area (Å²) in [5.41, 5.74) is 3.31. The van der Waals surface area contributed by atoms with E-state index in [-0.39, 0.29) is 5.91 Å². The van der Waals surface area contributed by atoms with Gasteiger partial charge in [-0.2, -0.15) is 0 Å². The Balaban J connectivity index is 1.75. The van der Waals surface area contributed by atoms with Crippen LogP contribution in [0.5, 0.6) is 0 Å². The molecule has 0 aliphatic carbocycles. The number of para-hydroxylation sites is 1. The van der Waals surface area contributed by atoms with E-state index in [1.165, 1.54) is 24.1 Å². The Morgan fingerprint density at radius 2 is 1.72 bits per heavy atom. The zero-order valence-electron chi connectivity index (χ0n) is 15.0. The second-order valence-corrected chi connectivity index (χ2v) is 6.54. The highest BCUT2D eigenvalue weighted by Crippen LogP contribution is 2.26. The number of rotatable bonds is 6. The SMILES string of the molecule is COC(C(=O)N(C)Cc1ccccc1N1CCCC1)c1ccccc1. The number of methoxy groups -OCH3 is 1. The topological polar surface area (TPSA) is 32.8 Å². The lowest BCUT2D eigenvalue weighted by atomic mass is 10.1. The third-order valence-corrected chi connectivity index (χ3v) is 4.78. The molecule has 1 unspecified atom stereocenters. The van der Waals surface area contributed by atoms with Gasteiger partial charge in [0.25, 0.3) is 5.91 Å². The van der Waals surface area contributed by atoms with E-state index in [9.17, 15) is 4.79 Å². The number of nitrogens with zero attached hydrogens (tertiary/aromatic N) is 2. The molecule has 4 heteroatoms. The maximum Gasteiger partial charge on any atom is 0.256 e. The van der Waals surface area contributed by atoms with E-state index in [2.05, 4.69) is 23.1 Å². The van der Waals surface area contributed by atoms with Crippen LogP contribution in [0.4, 0.5) is 5.69 Å². The third kappa shape index (κ3) is 4.02. The van der Waals surface area contributed by atoms with Gasteiger partial charge in [0, 0.05) is 39.5 Å². The number of anilines is 1. The Bertz CT molecular complexity index is 696. The van der Waals surface area contributed by atoms with Gasteiger partial charge in [0.2, 0.25) is 0 Å². The van der Waals surface area contributed by atoms with Crippen LogP contribution >= 0.6 is 0 Å². The molecular weight excluding hydrogens is 312 g/mol. The first-order valence-electron chi connectivity index (χ1n) is 8.86. The van der Waals surface area contributed by atoms with Crippen LogP contribution in [-0.4, -0.2) is 38.1 Å². The monoisotopic (exact) mass is 338 g/mol. The molecule has 2 aromatic carbocycles. The van der Waals surface area contributed by atoms with E-state index >= 15 is 0 Å². The fourth-order valence-corrected chi connectivity index (χ4v) is 3.45. The van der Waals surface area contributed by atoms with E-state index in [0.29, 0.717) is 6.54 Å². The fraction of sp³-hybridized carbons (Fsp3) is 0.381. The summed E-state index contributed by atoms with van der Waals surface area (Å²) < 4.78 is 5.49. The predicted octanol–water partition coefficient (Wildman–Crippen LogP) is 3.63. The first kappa shape index (κ1) is 17.5. The lowest BCUT2D eigenvalue weighted by Crippen LogP contribution is -2.33. The minimum atomic E-state index is -0.565. The smallest absolute Gasteiger partial charge is 0.256 e. The van der Waals surface area contributed by atoms with Crippen LogP contribution in [0.15, 0.2) is 54.6 Å². The summed E-state index contributed by atoms with van der Waals surface area (Å²) in [5.74, 6) is -0.0232. The minimum absolute atomic E-state index is 0.0232. The van der Waals surface area contributed by atoms with Gasteiger partial charge in [-0.3, -0.25) is 4.79 Å². The largest absolute Gasteiger partial charge is 0.371 e. The van der Waals surface area contributed by atoms with Gasteiger partial charge >= 0.3 is 0 Å². The quantitative estimate of drug-likeness (QED) is 0.806. The van der Waals surface area contributed by atoms with Gasteiger partial charge in [-0.15, -0.1) is 0 Å². The lowest BCUT2D eigenvalue weighted by Gasteiger charge is -2.26. The molecule has 0 N–H and O–H groups in total. The number of hydrogen-bond donors (Lipinski definition) is 0. The van der Waals surface area contributed by atoms with Crippen LogP contribution in [0.1, 0.15) is 30.1 Å². The number of ether oxygens (including phenoxy) is 1. The van der Waals surface area contributed by atoms with Gasteiger partial charge in [0.15, 0.2) is 6.10 Å². The standard InChI is InChI=1S/C21H26N2O2/c1-22(21(24)20(25-2)17-10-4-3-5-11-17)16-18-12-6-7-13-19(18)23-14-8-9-15-23/h3-7,10-13,20H,8-9,14-16H2,1-2H3. The summed E-state index contributed by atoms with van der Waals surface area (Å²) in [6.45, 7) is 2.77. The molecule has 4 nitrogen and oxygen atoms in total. The summed E-state index contributed by atoms with van der Waals surface area (Å²) in [7, 11) is 3.43. The Morgan fingerprint density at radius 3 is 2.40 bits per heavy atom. The zero-order chi connectivity index (χ0) is 17.6. The van der Waals surface area contributed by atoms with E-state index in [4.69, 9.17) is 4.74 Å². The van der Waals surface area contributed by atoms with Crippen molar-refractivity contribution in [3.05, 3.63) is 65.7 Å². The molecule has 1 fully saturated rings. The summed E-state index contributed by atoms with van der Waals surface area (Å²) >= 11 is 0. The van der Waals surface area contributed by atoms with Crippen molar-refractivity contribution in [3.63, 3.8) is 0 Å². The molecule has 0 radical (unpaired) electrons. The van der Waals surface area contributed by atoms with Gasteiger partial charge in [-0.1, -0.05) is 48.5 Å². The molecule has 1 amide bonds. The number of benzene rings is 2. The number of carbonyl (C=O) groups excluding carboxylic acids is 1. The Morgan fingerprint density at radius 1 is 1.08 bits per heavy atom. The Hall–Kier alpha value is -2.33. The van der Waals surface area contributed by atoms with Gasteiger partial charge in [-0.25, -0.2) is 0 Å². The molecule has 1 heterocycles. The summed E-state index contributed by atoms with van der Waals surface area (Å²) in [6, 6.07) is 18.0. The molecule has 1 aliphatic rings. The molecule has 0 spiro atoms. The normalized spacial score (nSPS) is 15.2. The minimum Gasteiger partial charge on any atom is -0.371 e. The predicted molar refractivity (Wildman–Crippen MR) is 101 cm³/mol. The van der Waals surface area contributed by atoms with Crippen molar-refractivity contribution in [2.75, 3.05) is 32.1 Å². The summed E-state index contributed by atoms with van der Waals surface area (Å²) in [4.78, 5) is 17.1. The van der Waals surface area contributed by atoms with Crippen molar-refractivity contribution in [1.82, 2.24) is 4.90 Å². The van der Waals surface area contributed by atoms with Crippen molar-refractivity contribution in [2.45, 2.75) is 25.5 Å². The maximum absolute atomic E-state index is 12.9. The molecule has 25 heavy (non-hydrogen) atoms. The zero-order valence-corrected chi connectivity index (χ0v) is 15.0. The van der Waals surface area contributed by atoms with Crippen molar-refractivity contribution in [1.29, 1.82) is 0 Å². The van der Waals surface area contributed by atoms with E-state index in [1.807, 2.05) is 43.4 Å². The molecule has 0 saturated carbocycles. The molecule has 2 aromatic rings. The van der Waals surface area contributed by atoms with Crippen LogP contribution in [0.25, 0.3) is 0 Å². The highest BCUT2D eigenvalue weighted by atomic mass is 16.5. The molecule has 1 atom stereocenters. The van der Waals surface area contributed by atoms with Crippen LogP contribution < -0.4 is 4.90 Å². The summed E-state index contributed by atoms with van der Waals surface area (Å²) in [6.07, 6.45) is 1.91. The van der Waals surface area contributed by atoms with E-state index in [1.54, 1.807) is 12.0 Å². The number of hydrogen-bond acceptors (Lipinski definition) is 3. The van der Waals surface area contributed by atoms with Crippen molar-refractivity contribution in [3.8, 4) is 0 Å². The third-order valence-electron chi connectivity index (χ3n) is 4.78. The number of likely N-dealkylation sites (N-methyl/N-ethyl adjacent to an activating group) is 1. The van der Waals surface area contributed by atoms with Crippen LogP contribution in [0, 0.1) is 0 Å². The van der Waals surface area contributed by atoms with Crippen LogP contribution in [0.2, 0.25) is 0 Å². The highest BCUT2D eigenvalue weighted by molar-refractivity contribution is 5.82. The first-order valence-corrected chi connectivity index (χ1v) is 8.86. The fourth-order valence-electron chi connectivity index (χ4n) is 3.45. The number of amides is 1. The van der Waals surface area contributed by atoms with Crippen molar-refractivity contribution < 1.29 is 9.53 Å². The van der Waals surface area contributed by atoms with E-state index < -0.39 is 6.10 Å². The average molecular weight is 338 g/mol. The second kappa shape index (κ2) is 8.17. The van der Waals surface area contributed by atoms with E-state index in [0.717, 1.165) is 18.7 Å². The van der Waals surface area contributed by atoms with Gasteiger partial charge in [0.1, 0.15) is 0 Å². The highest BCUT2D eigenvalue weighted by Gasteiger charge is 2.24. The molecule has 3 rings (SSSR count). The van der Waals surface area contributed by atoms with Crippen molar-refractivity contribution >= 4 is 11.6 Å². The Kier molecular flexibility index (Phi) is 5.71. The molecule has 132 valence electrons. The lowest BCUT2D eigenvalue weighted by molar-refractivity contribution is -0.141. The van der Waals surface area contributed by atoms with Gasteiger partial charge in [0.05, 0.1) is 0 Å². The first-order chi connectivity index (χ1) is 12.2. The van der Waals surface area contributed by atoms with Gasteiger partial charge in [-0.05, 0) is 30.0 Å². The molecule has 1 aliphatic heterocycles. The average Bonchev–Trinajstić information content (AvgIpc) is 3.18. The van der Waals surface area contributed by atoms with Crippen LogP contribution in [0.3, 0.4) is 0 Å². The molecular formula is C21H26N2O2. The molecule has 0 bridgehead atoms. The second-order valence-electron chi connectivity index (χ2n) is 6.54. The maximum atomic E-state index is 12.9. The van der Waals surface area contributed by atoms with Crippen molar-refractivity contribution in [2.24, 2.45) is 0 Å². The summed E-state index contributed by atoms with van der Waals surface area (Å²) in [5, 5.41) is 0. The number of carbonyl (C=O) groups is 1.